The molecule has 1 aliphatic rings. The second kappa shape index (κ2) is 10.5. The molecule has 7 N–H and O–H groups in total. The van der Waals surface area contributed by atoms with Gasteiger partial charge in [0.1, 0.15) is 6.04 Å². The zero-order valence-electron chi connectivity index (χ0n) is 16.9. The first-order valence-electron chi connectivity index (χ1n) is 9.84. The number of guanidine groups is 1. The maximum atomic E-state index is 12.7. The quantitative estimate of drug-likeness (QED) is 0.196. The Labute approximate surface area is 180 Å². The molecule has 2 unspecified atom stereocenters. The Morgan fingerprint density at radius 3 is 2.12 bits per heavy atom. The molecule has 180 valence electrons. The number of benzene rings is 1. The second-order valence-electron chi connectivity index (χ2n) is 7.60. The average Bonchev–Trinajstić information content (AvgIpc) is 2.68. The van der Waals surface area contributed by atoms with Crippen LogP contribution in [0.4, 0.5) is 26.3 Å². The molecule has 1 aromatic rings. The third-order valence-corrected chi connectivity index (χ3v) is 4.93. The highest BCUT2D eigenvalue weighted by atomic mass is 19.4. The first-order valence-corrected chi connectivity index (χ1v) is 9.84. The SMILES string of the molecule is NC(CC(N)C(F)(F)F)NC(=NC1CCC(O)CC1)NC(=O)c1ccc(C(F)(F)F)cc1. The topological polar surface area (TPSA) is 126 Å². The fourth-order valence-electron chi connectivity index (χ4n) is 3.11. The summed E-state index contributed by atoms with van der Waals surface area (Å²) in [4.78, 5) is 16.8. The lowest BCUT2D eigenvalue weighted by molar-refractivity contribution is -0.150. The summed E-state index contributed by atoms with van der Waals surface area (Å²) in [7, 11) is 0. The van der Waals surface area contributed by atoms with Gasteiger partial charge in [-0.25, -0.2) is 4.99 Å². The first kappa shape index (κ1) is 25.9. The molecule has 0 bridgehead atoms. The maximum absolute atomic E-state index is 12.7. The van der Waals surface area contributed by atoms with Crippen molar-refractivity contribution in [2.75, 3.05) is 0 Å². The number of hydrogen-bond acceptors (Lipinski definition) is 5. The highest BCUT2D eigenvalue weighted by Gasteiger charge is 2.37. The van der Waals surface area contributed by atoms with Crippen LogP contribution in [-0.2, 0) is 6.18 Å². The minimum atomic E-state index is -4.67. The van der Waals surface area contributed by atoms with Gasteiger partial charge in [-0.15, -0.1) is 0 Å². The number of aliphatic hydroxyl groups excluding tert-OH is 1. The van der Waals surface area contributed by atoms with Crippen molar-refractivity contribution in [1.82, 2.24) is 10.6 Å². The van der Waals surface area contributed by atoms with Crippen LogP contribution in [0.3, 0.4) is 0 Å². The van der Waals surface area contributed by atoms with E-state index < -0.39 is 48.6 Å². The Morgan fingerprint density at radius 2 is 1.62 bits per heavy atom. The van der Waals surface area contributed by atoms with Gasteiger partial charge in [0, 0.05) is 12.0 Å². The molecule has 1 fully saturated rings. The average molecular weight is 469 g/mol. The summed E-state index contributed by atoms with van der Waals surface area (Å²) in [5.74, 6) is -1.05. The van der Waals surface area contributed by atoms with Crippen molar-refractivity contribution >= 4 is 11.9 Å². The number of nitrogens with two attached hydrogens (primary N) is 2. The molecule has 0 spiro atoms. The number of hydrogen-bond donors (Lipinski definition) is 5. The molecule has 7 nitrogen and oxygen atoms in total. The number of aliphatic hydroxyl groups is 1. The summed E-state index contributed by atoms with van der Waals surface area (Å²) in [5, 5.41) is 14.4. The predicted octanol–water partition coefficient (Wildman–Crippen LogP) is 2.25. The van der Waals surface area contributed by atoms with Crippen LogP contribution in [0.2, 0.25) is 0 Å². The van der Waals surface area contributed by atoms with Gasteiger partial charge >= 0.3 is 12.4 Å². The highest BCUT2D eigenvalue weighted by molar-refractivity contribution is 6.05. The molecule has 1 aromatic carbocycles. The summed E-state index contributed by atoms with van der Waals surface area (Å²) >= 11 is 0. The highest BCUT2D eigenvalue weighted by Crippen LogP contribution is 2.29. The molecule has 1 aliphatic carbocycles. The van der Waals surface area contributed by atoms with Crippen molar-refractivity contribution in [3.05, 3.63) is 35.4 Å². The largest absolute Gasteiger partial charge is 0.416 e. The van der Waals surface area contributed by atoms with E-state index >= 15 is 0 Å². The minimum Gasteiger partial charge on any atom is -0.393 e. The van der Waals surface area contributed by atoms with Gasteiger partial charge in [0.15, 0.2) is 5.96 Å². The standard InChI is InChI=1S/C19H25F6N5O2/c20-18(21,22)11-3-1-10(2-4-11)16(32)30-17(28-12-5-7-13(31)8-6-12)29-15(27)9-14(26)19(23,24)25/h1-4,12-15,31H,5-9,26-27H2,(H2,28,29,30,32). The van der Waals surface area contributed by atoms with Crippen LogP contribution in [0, 0.1) is 0 Å². The molecule has 0 radical (unpaired) electrons. The number of nitrogens with zero attached hydrogens (tertiary/aromatic N) is 1. The van der Waals surface area contributed by atoms with E-state index in [2.05, 4.69) is 15.6 Å². The van der Waals surface area contributed by atoms with Gasteiger partial charge in [-0.2, -0.15) is 26.3 Å². The molecular weight excluding hydrogens is 444 g/mol. The van der Waals surface area contributed by atoms with E-state index in [9.17, 15) is 36.2 Å². The fraction of sp³-hybridized carbons (Fsp3) is 0.579. The number of nitrogens with one attached hydrogen (secondary N) is 2. The Hall–Kier alpha value is -2.38. The third-order valence-electron chi connectivity index (χ3n) is 4.93. The lowest BCUT2D eigenvalue weighted by Gasteiger charge is -2.25. The van der Waals surface area contributed by atoms with Gasteiger partial charge in [0.2, 0.25) is 0 Å². The Morgan fingerprint density at radius 1 is 1.06 bits per heavy atom. The van der Waals surface area contributed by atoms with E-state index in [1.54, 1.807) is 0 Å². The summed E-state index contributed by atoms with van der Waals surface area (Å²) in [6, 6.07) is 0.850. The van der Waals surface area contributed by atoms with Crippen LogP contribution in [0.25, 0.3) is 0 Å². The smallest absolute Gasteiger partial charge is 0.393 e. The van der Waals surface area contributed by atoms with Gasteiger partial charge in [-0.1, -0.05) is 0 Å². The molecule has 2 atom stereocenters. The van der Waals surface area contributed by atoms with E-state index in [1.807, 2.05) is 0 Å². The van der Waals surface area contributed by atoms with Crippen molar-refractivity contribution in [1.29, 1.82) is 0 Å². The van der Waals surface area contributed by atoms with E-state index in [0.29, 0.717) is 25.7 Å². The van der Waals surface area contributed by atoms with Crippen molar-refractivity contribution in [3.8, 4) is 0 Å². The van der Waals surface area contributed by atoms with Crippen molar-refractivity contribution in [3.63, 3.8) is 0 Å². The Balaban J connectivity index is 2.14. The number of carbonyl (C=O) groups is 1. The number of aliphatic imine (C=N–C) groups is 1. The van der Waals surface area contributed by atoms with Crippen molar-refractivity contribution < 1.29 is 36.2 Å². The lowest BCUT2D eigenvalue weighted by Crippen LogP contribution is -2.53. The monoisotopic (exact) mass is 469 g/mol. The molecule has 0 aliphatic heterocycles. The van der Waals surface area contributed by atoms with Crippen LogP contribution in [0.5, 0.6) is 0 Å². The van der Waals surface area contributed by atoms with E-state index in [4.69, 9.17) is 11.5 Å². The van der Waals surface area contributed by atoms with Crippen LogP contribution < -0.4 is 22.1 Å². The third kappa shape index (κ3) is 7.95. The Kier molecular flexibility index (Phi) is 8.48. The molecule has 0 heterocycles. The predicted molar refractivity (Wildman–Crippen MR) is 104 cm³/mol. The van der Waals surface area contributed by atoms with Crippen molar-refractivity contribution in [2.24, 2.45) is 16.5 Å². The van der Waals surface area contributed by atoms with Gasteiger partial charge < -0.3 is 21.9 Å². The number of carbonyl (C=O) groups excluding carboxylic acids is 1. The number of amides is 1. The molecule has 13 heteroatoms. The normalized spacial score (nSPS) is 22.2. The van der Waals surface area contributed by atoms with Gasteiger partial charge in [-0.3, -0.25) is 10.1 Å². The second-order valence-corrected chi connectivity index (χ2v) is 7.60. The summed E-state index contributed by atoms with van der Waals surface area (Å²) in [6.45, 7) is 0. The van der Waals surface area contributed by atoms with Crippen LogP contribution in [0.15, 0.2) is 29.3 Å². The summed E-state index contributed by atoms with van der Waals surface area (Å²) < 4.78 is 76.2. The number of rotatable bonds is 5. The fourth-order valence-corrected chi connectivity index (χ4v) is 3.11. The lowest BCUT2D eigenvalue weighted by atomic mass is 9.94. The van der Waals surface area contributed by atoms with Crippen LogP contribution in [0.1, 0.15) is 48.0 Å². The molecule has 0 aromatic heterocycles. The summed E-state index contributed by atoms with van der Waals surface area (Å²) in [5.41, 5.74) is 9.71. The van der Waals surface area contributed by atoms with Crippen LogP contribution in [-0.4, -0.2) is 47.5 Å². The maximum Gasteiger partial charge on any atom is 0.416 e. The Bertz CT molecular complexity index is 789. The minimum absolute atomic E-state index is 0.118. The molecular formula is C19H25F6N5O2. The van der Waals surface area contributed by atoms with E-state index in [0.717, 1.165) is 24.3 Å². The summed E-state index contributed by atoms with van der Waals surface area (Å²) in [6.07, 6.45) is -9.88. The van der Waals surface area contributed by atoms with Gasteiger partial charge in [0.25, 0.3) is 5.91 Å². The molecule has 1 amide bonds. The van der Waals surface area contributed by atoms with Gasteiger partial charge in [0.05, 0.1) is 23.9 Å². The first-order chi connectivity index (χ1) is 14.8. The number of alkyl halides is 6. The molecule has 32 heavy (non-hydrogen) atoms. The number of halogens is 6. The van der Waals surface area contributed by atoms with Gasteiger partial charge in [-0.05, 0) is 49.9 Å². The molecule has 0 saturated heterocycles. The van der Waals surface area contributed by atoms with Crippen LogP contribution >= 0.6 is 0 Å². The van der Waals surface area contributed by atoms with Crippen molar-refractivity contribution in [2.45, 2.75) is 68.8 Å². The van der Waals surface area contributed by atoms with E-state index in [1.165, 1.54) is 0 Å². The van der Waals surface area contributed by atoms with E-state index in [-0.39, 0.29) is 17.6 Å². The molecule has 2 rings (SSSR count). The zero-order valence-corrected chi connectivity index (χ0v) is 16.9. The molecule has 1 saturated carbocycles. The zero-order chi connectivity index (χ0) is 24.1.